The summed E-state index contributed by atoms with van der Waals surface area (Å²) in [6.45, 7) is 2.41. The normalized spacial score (nSPS) is 10.3. The first-order valence-corrected chi connectivity index (χ1v) is 6.94. The maximum Gasteiger partial charge on any atom is 0.288 e. The predicted octanol–water partition coefficient (Wildman–Crippen LogP) is 1.72. The second-order valence-electron chi connectivity index (χ2n) is 4.14. The number of pyridine rings is 1. The van der Waals surface area contributed by atoms with E-state index in [0.29, 0.717) is 6.54 Å². The molecule has 0 unspecified atom stereocenters. The molecule has 8 nitrogen and oxygen atoms in total. The molecule has 0 aliphatic carbocycles. The third-order valence-corrected chi connectivity index (χ3v) is 3.85. The highest BCUT2D eigenvalue weighted by atomic mass is 32.1. The van der Waals surface area contributed by atoms with Crippen LogP contribution in [0, 0.1) is 10.1 Å². The Kier molecular flexibility index (Phi) is 4.43. The molecule has 2 aromatic rings. The molecule has 21 heavy (non-hydrogen) atoms. The molecule has 9 heteroatoms. The highest BCUT2D eigenvalue weighted by Gasteiger charge is 2.16. The number of aromatic nitrogens is 2. The molecule has 1 amide bonds. The molecule has 0 saturated carbocycles. The summed E-state index contributed by atoms with van der Waals surface area (Å²) in [4.78, 5) is 30.7. The molecule has 0 bridgehead atoms. The first-order chi connectivity index (χ1) is 10.0. The number of hydrogen-bond acceptors (Lipinski definition) is 7. The number of rotatable bonds is 6. The standard InChI is InChI=1S/C12H13N5O3S/c1-2-8-5-14-10(21-8)6-16-12-9(11(13)18)3-7(4-15-12)17(19)20/h3-5H,2,6H2,1H3,(H2,13,18)(H,15,16). The van der Waals surface area contributed by atoms with Crippen molar-refractivity contribution >= 4 is 28.7 Å². The van der Waals surface area contributed by atoms with Crippen molar-refractivity contribution in [3.8, 4) is 0 Å². The Bertz CT molecular complexity index is 685. The minimum absolute atomic E-state index is 0.0172. The van der Waals surface area contributed by atoms with E-state index in [4.69, 9.17) is 5.73 Å². The molecule has 2 aromatic heterocycles. The fourth-order valence-electron chi connectivity index (χ4n) is 1.63. The van der Waals surface area contributed by atoms with Crippen LogP contribution in [-0.4, -0.2) is 20.8 Å². The van der Waals surface area contributed by atoms with Gasteiger partial charge >= 0.3 is 0 Å². The smallest absolute Gasteiger partial charge is 0.288 e. The average molecular weight is 307 g/mol. The molecule has 2 heterocycles. The van der Waals surface area contributed by atoms with Gasteiger partial charge in [0, 0.05) is 17.1 Å². The Morgan fingerprint density at radius 2 is 2.24 bits per heavy atom. The van der Waals surface area contributed by atoms with Crippen molar-refractivity contribution in [2.75, 3.05) is 5.32 Å². The second-order valence-corrected chi connectivity index (χ2v) is 5.34. The molecule has 0 aliphatic rings. The van der Waals surface area contributed by atoms with E-state index in [0.717, 1.165) is 28.6 Å². The molecule has 0 aliphatic heterocycles. The Morgan fingerprint density at radius 3 is 2.81 bits per heavy atom. The largest absolute Gasteiger partial charge is 0.365 e. The predicted molar refractivity (Wildman–Crippen MR) is 78.2 cm³/mol. The van der Waals surface area contributed by atoms with Gasteiger partial charge in [-0.2, -0.15) is 0 Å². The van der Waals surface area contributed by atoms with Crippen molar-refractivity contribution in [1.82, 2.24) is 9.97 Å². The maximum absolute atomic E-state index is 11.4. The van der Waals surface area contributed by atoms with E-state index in [9.17, 15) is 14.9 Å². The van der Waals surface area contributed by atoms with Gasteiger partial charge in [0.05, 0.1) is 17.0 Å². The second kappa shape index (κ2) is 6.27. The van der Waals surface area contributed by atoms with Crippen molar-refractivity contribution in [3.05, 3.63) is 44.0 Å². The van der Waals surface area contributed by atoms with Crippen molar-refractivity contribution < 1.29 is 9.72 Å². The third kappa shape index (κ3) is 3.51. The van der Waals surface area contributed by atoms with Crippen LogP contribution in [0.5, 0.6) is 0 Å². The van der Waals surface area contributed by atoms with Gasteiger partial charge in [0.2, 0.25) is 0 Å². The van der Waals surface area contributed by atoms with Gasteiger partial charge in [-0.25, -0.2) is 9.97 Å². The number of nitro groups is 1. The summed E-state index contributed by atoms with van der Waals surface area (Å²) >= 11 is 1.55. The van der Waals surface area contributed by atoms with Crippen molar-refractivity contribution in [3.63, 3.8) is 0 Å². The quantitative estimate of drug-likeness (QED) is 0.618. The fourth-order valence-corrected chi connectivity index (χ4v) is 2.44. The van der Waals surface area contributed by atoms with E-state index < -0.39 is 10.8 Å². The fraction of sp³-hybridized carbons (Fsp3) is 0.250. The van der Waals surface area contributed by atoms with E-state index in [2.05, 4.69) is 15.3 Å². The lowest BCUT2D eigenvalue weighted by Crippen LogP contribution is -2.16. The van der Waals surface area contributed by atoms with Crippen LogP contribution in [0.4, 0.5) is 11.5 Å². The summed E-state index contributed by atoms with van der Waals surface area (Å²) in [6.07, 6.45) is 3.77. The van der Waals surface area contributed by atoms with Crippen LogP contribution < -0.4 is 11.1 Å². The number of amides is 1. The highest BCUT2D eigenvalue weighted by molar-refractivity contribution is 7.11. The van der Waals surface area contributed by atoms with Gasteiger partial charge in [0.1, 0.15) is 17.0 Å². The lowest BCUT2D eigenvalue weighted by molar-refractivity contribution is -0.385. The molecule has 0 atom stereocenters. The minimum atomic E-state index is -0.776. The third-order valence-electron chi connectivity index (χ3n) is 2.71. The molecule has 2 rings (SSSR count). The van der Waals surface area contributed by atoms with Gasteiger partial charge in [-0.15, -0.1) is 11.3 Å². The average Bonchev–Trinajstić information content (AvgIpc) is 2.92. The number of carbonyl (C=O) groups excluding carboxylic acids is 1. The van der Waals surface area contributed by atoms with Gasteiger partial charge in [0.25, 0.3) is 11.6 Å². The SMILES string of the molecule is CCc1cnc(CNc2ncc([N+](=O)[O-])cc2C(N)=O)s1. The van der Waals surface area contributed by atoms with Crippen LogP contribution in [0.25, 0.3) is 0 Å². The number of carbonyl (C=O) groups is 1. The van der Waals surface area contributed by atoms with Crippen LogP contribution in [-0.2, 0) is 13.0 Å². The zero-order chi connectivity index (χ0) is 15.4. The molecule has 3 N–H and O–H groups in total. The van der Waals surface area contributed by atoms with Crippen LogP contribution in [0.3, 0.4) is 0 Å². The van der Waals surface area contributed by atoms with Gasteiger partial charge in [-0.1, -0.05) is 6.92 Å². The molecule has 0 fully saturated rings. The van der Waals surface area contributed by atoms with E-state index >= 15 is 0 Å². The number of anilines is 1. The lowest BCUT2D eigenvalue weighted by Gasteiger charge is -2.07. The molecular formula is C12H13N5O3S. The summed E-state index contributed by atoms with van der Waals surface area (Å²) in [5.74, 6) is -0.566. The lowest BCUT2D eigenvalue weighted by atomic mass is 10.2. The monoisotopic (exact) mass is 307 g/mol. The summed E-state index contributed by atoms with van der Waals surface area (Å²) in [7, 11) is 0. The van der Waals surface area contributed by atoms with E-state index in [-0.39, 0.29) is 17.1 Å². The minimum Gasteiger partial charge on any atom is -0.365 e. The molecule has 0 spiro atoms. The summed E-state index contributed by atoms with van der Waals surface area (Å²) in [5.41, 5.74) is 4.93. The Hall–Kier alpha value is -2.55. The van der Waals surface area contributed by atoms with E-state index in [1.54, 1.807) is 17.5 Å². The first kappa shape index (κ1) is 14.9. The van der Waals surface area contributed by atoms with Gasteiger partial charge in [-0.3, -0.25) is 14.9 Å². The summed E-state index contributed by atoms with van der Waals surface area (Å²) < 4.78 is 0. The van der Waals surface area contributed by atoms with Gasteiger partial charge in [0.15, 0.2) is 0 Å². The highest BCUT2D eigenvalue weighted by Crippen LogP contribution is 2.20. The van der Waals surface area contributed by atoms with Gasteiger partial charge < -0.3 is 11.1 Å². The van der Waals surface area contributed by atoms with Crippen LogP contribution >= 0.6 is 11.3 Å². The van der Waals surface area contributed by atoms with Crippen LogP contribution in [0.2, 0.25) is 0 Å². The summed E-state index contributed by atoms with van der Waals surface area (Å²) in [5, 5.41) is 14.5. The topological polar surface area (TPSA) is 124 Å². The molecule has 0 aromatic carbocycles. The van der Waals surface area contributed by atoms with Crippen LogP contribution in [0.1, 0.15) is 27.2 Å². The Morgan fingerprint density at radius 1 is 1.48 bits per heavy atom. The van der Waals surface area contributed by atoms with Gasteiger partial charge in [-0.05, 0) is 6.42 Å². The Labute approximate surface area is 124 Å². The number of nitrogens with two attached hydrogens (primary N) is 1. The van der Waals surface area contributed by atoms with Crippen molar-refractivity contribution in [2.24, 2.45) is 5.73 Å². The molecule has 0 radical (unpaired) electrons. The zero-order valence-electron chi connectivity index (χ0n) is 11.2. The molecular weight excluding hydrogens is 294 g/mol. The van der Waals surface area contributed by atoms with E-state index in [1.807, 2.05) is 6.92 Å². The van der Waals surface area contributed by atoms with Crippen molar-refractivity contribution in [1.29, 1.82) is 0 Å². The van der Waals surface area contributed by atoms with Crippen molar-refractivity contribution in [2.45, 2.75) is 19.9 Å². The summed E-state index contributed by atoms with van der Waals surface area (Å²) in [6, 6.07) is 1.11. The molecule has 110 valence electrons. The number of nitrogens with zero attached hydrogens (tertiary/aromatic N) is 3. The zero-order valence-corrected chi connectivity index (χ0v) is 12.0. The number of hydrogen-bond donors (Lipinski definition) is 2. The van der Waals surface area contributed by atoms with Crippen LogP contribution in [0.15, 0.2) is 18.5 Å². The maximum atomic E-state index is 11.4. The van der Waals surface area contributed by atoms with E-state index in [1.165, 1.54) is 0 Å². The first-order valence-electron chi connectivity index (χ1n) is 6.13. The number of nitrogens with one attached hydrogen (secondary N) is 1. The molecule has 0 saturated heterocycles. The Balaban J connectivity index is 2.19. The number of thiazole rings is 1. The number of primary amides is 1. The number of aryl methyl sites for hydroxylation is 1.